The molecular weight excluding hydrogens is 310 g/mol. The van der Waals surface area contributed by atoms with Crippen LogP contribution in [-0.4, -0.2) is 10.0 Å². The molecule has 23 heavy (non-hydrogen) atoms. The zero-order valence-corrected chi connectivity index (χ0v) is 14.1. The standard InChI is InChI=1S/C17H19N3O2S/c1-11-7-8-14(9-12(11)2)13(3)18-17(23)19-15-5-4-6-16(10-15)20(21)22/h4-10,13H,1-3H3,(H2,18,19,23). The van der Waals surface area contributed by atoms with Crippen LogP contribution in [0.2, 0.25) is 0 Å². The molecule has 0 heterocycles. The first kappa shape index (κ1) is 16.9. The lowest BCUT2D eigenvalue weighted by atomic mass is 10.0. The van der Waals surface area contributed by atoms with Crippen molar-refractivity contribution in [3.8, 4) is 0 Å². The third kappa shape index (κ3) is 4.50. The van der Waals surface area contributed by atoms with Gasteiger partial charge in [-0.1, -0.05) is 24.3 Å². The number of nitrogens with one attached hydrogen (secondary N) is 2. The number of nitro groups is 1. The lowest BCUT2D eigenvalue weighted by Crippen LogP contribution is -2.30. The average molecular weight is 329 g/mol. The number of hydrogen-bond donors (Lipinski definition) is 2. The zero-order chi connectivity index (χ0) is 17.0. The van der Waals surface area contributed by atoms with Crippen molar-refractivity contribution >= 4 is 28.7 Å². The summed E-state index contributed by atoms with van der Waals surface area (Å²) in [6, 6.07) is 12.6. The van der Waals surface area contributed by atoms with Gasteiger partial charge in [0, 0.05) is 17.8 Å². The van der Waals surface area contributed by atoms with E-state index in [0.717, 1.165) is 5.56 Å². The number of non-ortho nitro benzene ring substituents is 1. The number of hydrogen-bond acceptors (Lipinski definition) is 3. The Morgan fingerprint density at radius 2 is 1.91 bits per heavy atom. The molecule has 5 nitrogen and oxygen atoms in total. The van der Waals surface area contributed by atoms with E-state index in [1.54, 1.807) is 12.1 Å². The van der Waals surface area contributed by atoms with Crippen molar-refractivity contribution in [1.29, 1.82) is 0 Å². The van der Waals surface area contributed by atoms with Gasteiger partial charge in [-0.15, -0.1) is 0 Å². The molecule has 6 heteroatoms. The van der Waals surface area contributed by atoms with Crippen LogP contribution < -0.4 is 10.6 Å². The van der Waals surface area contributed by atoms with Gasteiger partial charge in [-0.25, -0.2) is 0 Å². The molecule has 0 spiro atoms. The van der Waals surface area contributed by atoms with Crippen LogP contribution in [0, 0.1) is 24.0 Å². The molecule has 120 valence electrons. The maximum atomic E-state index is 10.8. The van der Waals surface area contributed by atoms with Crippen molar-refractivity contribution in [3.63, 3.8) is 0 Å². The molecule has 0 aliphatic carbocycles. The summed E-state index contributed by atoms with van der Waals surface area (Å²) < 4.78 is 0. The predicted molar refractivity (Wildman–Crippen MR) is 96.8 cm³/mol. The molecule has 0 aromatic heterocycles. The molecular formula is C17H19N3O2S. The van der Waals surface area contributed by atoms with Crippen molar-refractivity contribution in [2.24, 2.45) is 0 Å². The number of rotatable bonds is 4. The molecule has 0 saturated heterocycles. The fourth-order valence-electron chi connectivity index (χ4n) is 2.18. The molecule has 0 saturated carbocycles. The summed E-state index contributed by atoms with van der Waals surface area (Å²) in [5.41, 5.74) is 4.23. The normalized spacial score (nSPS) is 11.6. The average Bonchev–Trinajstić information content (AvgIpc) is 2.50. The number of anilines is 1. The lowest BCUT2D eigenvalue weighted by Gasteiger charge is -2.18. The maximum Gasteiger partial charge on any atom is 0.271 e. The molecule has 2 N–H and O–H groups in total. The van der Waals surface area contributed by atoms with E-state index in [1.165, 1.54) is 23.3 Å². The molecule has 0 fully saturated rings. The first-order chi connectivity index (χ1) is 10.9. The third-order valence-corrected chi connectivity index (χ3v) is 3.91. The van der Waals surface area contributed by atoms with Crippen molar-refractivity contribution in [3.05, 3.63) is 69.3 Å². The van der Waals surface area contributed by atoms with Gasteiger partial charge in [0.2, 0.25) is 0 Å². The van der Waals surface area contributed by atoms with Crippen LogP contribution >= 0.6 is 12.2 Å². The Morgan fingerprint density at radius 1 is 1.17 bits per heavy atom. The topological polar surface area (TPSA) is 67.2 Å². The van der Waals surface area contributed by atoms with E-state index in [0.29, 0.717) is 10.8 Å². The SMILES string of the molecule is Cc1ccc(C(C)NC(=S)Nc2cccc([N+](=O)[O-])c2)cc1C. The van der Waals surface area contributed by atoms with Gasteiger partial charge in [-0.3, -0.25) is 10.1 Å². The van der Waals surface area contributed by atoms with E-state index in [-0.39, 0.29) is 11.7 Å². The largest absolute Gasteiger partial charge is 0.356 e. The van der Waals surface area contributed by atoms with E-state index >= 15 is 0 Å². The Balaban J connectivity index is 2.02. The van der Waals surface area contributed by atoms with E-state index in [4.69, 9.17) is 12.2 Å². The lowest BCUT2D eigenvalue weighted by molar-refractivity contribution is -0.384. The van der Waals surface area contributed by atoms with Crippen molar-refractivity contribution in [2.75, 3.05) is 5.32 Å². The number of aryl methyl sites for hydroxylation is 2. The Hall–Kier alpha value is -2.47. The summed E-state index contributed by atoms with van der Waals surface area (Å²) in [6.45, 7) is 6.17. The van der Waals surface area contributed by atoms with Gasteiger partial charge >= 0.3 is 0 Å². The van der Waals surface area contributed by atoms with Crippen LogP contribution in [0.3, 0.4) is 0 Å². The summed E-state index contributed by atoms with van der Waals surface area (Å²) in [7, 11) is 0. The first-order valence-electron chi connectivity index (χ1n) is 7.26. The smallest absolute Gasteiger partial charge is 0.271 e. The molecule has 0 amide bonds. The second-order valence-electron chi connectivity index (χ2n) is 5.47. The number of thiocarbonyl (C=S) groups is 1. The highest BCUT2D eigenvalue weighted by Gasteiger charge is 2.10. The molecule has 0 aliphatic heterocycles. The van der Waals surface area contributed by atoms with Gasteiger partial charge in [0.1, 0.15) is 0 Å². The molecule has 1 unspecified atom stereocenters. The predicted octanol–water partition coefficient (Wildman–Crippen LogP) is 4.26. The summed E-state index contributed by atoms with van der Waals surface area (Å²) in [5.74, 6) is 0. The number of nitro benzene ring substituents is 1. The fraction of sp³-hybridized carbons (Fsp3) is 0.235. The van der Waals surface area contributed by atoms with Crippen molar-refractivity contribution in [2.45, 2.75) is 26.8 Å². The molecule has 1 atom stereocenters. The quantitative estimate of drug-likeness (QED) is 0.498. The Labute approximate surface area is 140 Å². The highest BCUT2D eigenvalue weighted by atomic mass is 32.1. The van der Waals surface area contributed by atoms with Crippen LogP contribution in [0.4, 0.5) is 11.4 Å². The van der Waals surface area contributed by atoms with E-state index in [9.17, 15) is 10.1 Å². The Morgan fingerprint density at radius 3 is 2.57 bits per heavy atom. The maximum absolute atomic E-state index is 10.8. The van der Waals surface area contributed by atoms with Crippen LogP contribution in [0.1, 0.15) is 29.7 Å². The van der Waals surface area contributed by atoms with E-state index in [1.807, 2.05) is 6.92 Å². The monoisotopic (exact) mass is 329 g/mol. The highest BCUT2D eigenvalue weighted by Crippen LogP contribution is 2.19. The minimum Gasteiger partial charge on any atom is -0.356 e. The van der Waals surface area contributed by atoms with Gasteiger partial charge in [-0.05, 0) is 55.7 Å². The molecule has 0 radical (unpaired) electrons. The number of benzene rings is 2. The Bertz CT molecular complexity index is 746. The van der Waals surface area contributed by atoms with Gasteiger partial charge in [0.15, 0.2) is 5.11 Å². The highest BCUT2D eigenvalue weighted by molar-refractivity contribution is 7.80. The first-order valence-corrected chi connectivity index (χ1v) is 7.67. The molecule has 2 aromatic rings. The van der Waals surface area contributed by atoms with Crippen LogP contribution in [-0.2, 0) is 0 Å². The van der Waals surface area contributed by atoms with Gasteiger partial charge < -0.3 is 10.6 Å². The van der Waals surface area contributed by atoms with Crippen molar-refractivity contribution < 1.29 is 4.92 Å². The fourth-order valence-corrected chi connectivity index (χ4v) is 2.47. The van der Waals surface area contributed by atoms with Crippen LogP contribution in [0.15, 0.2) is 42.5 Å². The minimum atomic E-state index is -0.431. The van der Waals surface area contributed by atoms with Gasteiger partial charge in [0.05, 0.1) is 11.0 Å². The van der Waals surface area contributed by atoms with Crippen molar-refractivity contribution in [1.82, 2.24) is 5.32 Å². The minimum absolute atomic E-state index is 0.0278. The summed E-state index contributed by atoms with van der Waals surface area (Å²) in [4.78, 5) is 10.4. The summed E-state index contributed by atoms with van der Waals surface area (Å²) in [5, 5.41) is 17.4. The molecule has 2 rings (SSSR count). The van der Waals surface area contributed by atoms with Gasteiger partial charge in [-0.2, -0.15) is 0 Å². The zero-order valence-electron chi connectivity index (χ0n) is 13.3. The second-order valence-corrected chi connectivity index (χ2v) is 5.88. The second kappa shape index (κ2) is 7.19. The molecule has 2 aromatic carbocycles. The number of nitrogens with zero attached hydrogens (tertiary/aromatic N) is 1. The summed E-state index contributed by atoms with van der Waals surface area (Å²) >= 11 is 5.29. The Kier molecular flexibility index (Phi) is 5.28. The van der Waals surface area contributed by atoms with Crippen LogP contribution in [0.25, 0.3) is 0 Å². The van der Waals surface area contributed by atoms with E-state index < -0.39 is 4.92 Å². The van der Waals surface area contributed by atoms with E-state index in [2.05, 4.69) is 42.7 Å². The third-order valence-electron chi connectivity index (χ3n) is 3.69. The molecule has 0 aliphatic rings. The summed E-state index contributed by atoms with van der Waals surface area (Å²) in [6.07, 6.45) is 0. The molecule has 0 bridgehead atoms. The van der Waals surface area contributed by atoms with Crippen LogP contribution in [0.5, 0.6) is 0 Å². The van der Waals surface area contributed by atoms with Gasteiger partial charge in [0.25, 0.3) is 5.69 Å².